The summed E-state index contributed by atoms with van der Waals surface area (Å²) in [7, 11) is -6.03. The minimum atomic E-state index is -3.77. The predicted molar refractivity (Wildman–Crippen MR) is 238 cm³/mol. The van der Waals surface area contributed by atoms with Gasteiger partial charge in [0.1, 0.15) is 17.5 Å². The van der Waals surface area contributed by atoms with E-state index < -0.39 is 41.0 Å². The number of hydrogen-bond acceptors (Lipinski definition) is 11. The van der Waals surface area contributed by atoms with Crippen molar-refractivity contribution in [1.82, 2.24) is 4.31 Å². The number of Topliss-reactive ketones (excluding diaryl/α,β-unsaturated/α-hetero) is 1. The molecule has 0 aromatic heterocycles. The largest absolute Gasteiger partial charge is 0.493 e. The fourth-order valence-electron chi connectivity index (χ4n) is 6.32. The third-order valence-corrected chi connectivity index (χ3v) is 13.2. The van der Waals surface area contributed by atoms with Gasteiger partial charge in [-0.1, -0.05) is 61.2 Å². The number of sulfonamides is 1. The molecular formula is C45H55FN3O10PS. The summed E-state index contributed by atoms with van der Waals surface area (Å²) in [6.07, 6.45) is 4.23. The molecule has 0 spiro atoms. The number of carbonyl (C=O) groups is 2. The molecule has 2 N–H and O–H groups in total. The van der Waals surface area contributed by atoms with E-state index in [0.717, 1.165) is 27.8 Å². The lowest BCUT2D eigenvalue weighted by molar-refractivity contribution is -0.132. The molecule has 61 heavy (non-hydrogen) atoms. The lowest BCUT2D eigenvalue weighted by Gasteiger charge is -2.25. The molecule has 1 amide bonds. The fraction of sp³-hybridized carbons (Fsp3) is 0.356. The molecule has 0 saturated heterocycles. The number of benzene rings is 3. The van der Waals surface area contributed by atoms with Crippen molar-refractivity contribution < 1.29 is 50.2 Å². The van der Waals surface area contributed by atoms with Crippen LogP contribution in [0, 0.1) is 16.6 Å². The van der Waals surface area contributed by atoms with Crippen molar-refractivity contribution in [2.45, 2.75) is 53.4 Å². The van der Waals surface area contributed by atoms with Crippen molar-refractivity contribution in [3.05, 3.63) is 115 Å². The molecule has 1 fully saturated rings. The first-order valence-corrected chi connectivity index (χ1v) is 23.2. The SMILES string of the molecule is C=CC=C(Oc1ccc(NC(=O)C2(C(=O)CC(=N)c3ccc(C(=C)C)cc3)CC2)cc1F)c1cc(OC)c(OCCCN(CP(=O)(OCC)OCC)S(C)(=O)=O)cc1C(=C)C. The highest BCUT2D eigenvalue weighted by Gasteiger charge is 2.55. The Hall–Kier alpha value is -5.18. The Morgan fingerprint density at radius 2 is 1.57 bits per heavy atom. The van der Waals surface area contributed by atoms with E-state index in [9.17, 15) is 22.6 Å². The van der Waals surface area contributed by atoms with Gasteiger partial charge in [0.15, 0.2) is 28.8 Å². The van der Waals surface area contributed by atoms with Crippen LogP contribution >= 0.6 is 7.60 Å². The molecule has 1 saturated carbocycles. The Morgan fingerprint density at radius 3 is 2.10 bits per heavy atom. The van der Waals surface area contributed by atoms with Gasteiger partial charge in [0, 0.05) is 36.0 Å². The van der Waals surface area contributed by atoms with Crippen LogP contribution in [0.25, 0.3) is 16.9 Å². The first-order chi connectivity index (χ1) is 28.8. The van der Waals surface area contributed by atoms with Crippen molar-refractivity contribution in [3.8, 4) is 17.2 Å². The highest BCUT2D eigenvalue weighted by Crippen LogP contribution is 2.50. The van der Waals surface area contributed by atoms with Crippen LogP contribution in [0.3, 0.4) is 0 Å². The van der Waals surface area contributed by atoms with E-state index in [1.54, 1.807) is 45.0 Å². The molecule has 3 aromatic rings. The first-order valence-electron chi connectivity index (χ1n) is 19.6. The van der Waals surface area contributed by atoms with Crippen LogP contribution in [-0.4, -0.2) is 76.1 Å². The van der Waals surface area contributed by atoms with Crippen LogP contribution < -0.4 is 19.5 Å². The van der Waals surface area contributed by atoms with Crippen LogP contribution in [0.5, 0.6) is 17.2 Å². The Labute approximate surface area is 358 Å². The van der Waals surface area contributed by atoms with Gasteiger partial charge in [-0.2, -0.15) is 4.31 Å². The Kier molecular flexibility index (Phi) is 16.7. The number of allylic oxidation sites excluding steroid dienone is 4. The lowest BCUT2D eigenvalue weighted by Crippen LogP contribution is -2.33. The molecule has 0 unspecified atom stereocenters. The maximum atomic E-state index is 15.7. The minimum Gasteiger partial charge on any atom is -0.493 e. The number of nitrogens with zero attached hydrogens (tertiary/aromatic N) is 1. The minimum absolute atomic E-state index is 0.0263. The molecule has 0 bridgehead atoms. The first kappa shape index (κ1) is 48.5. The number of rotatable bonds is 25. The highest BCUT2D eigenvalue weighted by molar-refractivity contribution is 7.88. The Morgan fingerprint density at radius 1 is 0.951 bits per heavy atom. The van der Waals surface area contributed by atoms with Gasteiger partial charge in [-0.15, -0.1) is 0 Å². The van der Waals surface area contributed by atoms with Crippen molar-refractivity contribution in [3.63, 3.8) is 0 Å². The van der Waals surface area contributed by atoms with Crippen molar-refractivity contribution >= 4 is 57.6 Å². The summed E-state index contributed by atoms with van der Waals surface area (Å²) >= 11 is 0. The summed E-state index contributed by atoms with van der Waals surface area (Å²) in [5.41, 5.74) is 2.94. The van der Waals surface area contributed by atoms with Gasteiger partial charge in [0.25, 0.3) is 0 Å². The molecule has 0 aliphatic heterocycles. The topological polar surface area (TPSA) is 171 Å². The summed E-state index contributed by atoms with van der Waals surface area (Å²) in [5, 5.41) is 11.2. The number of anilines is 1. The van der Waals surface area contributed by atoms with Crippen LogP contribution in [0.4, 0.5) is 10.1 Å². The number of nitrogens with one attached hydrogen (secondary N) is 2. The highest BCUT2D eigenvalue weighted by atomic mass is 32.2. The number of amides is 1. The number of methoxy groups -OCH3 is 1. The van der Waals surface area contributed by atoms with Gasteiger partial charge < -0.3 is 34.0 Å². The normalized spacial score (nSPS) is 13.6. The van der Waals surface area contributed by atoms with Crippen LogP contribution in [0.2, 0.25) is 0 Å². The van der Waals surface area contributed by atoms with Crippen molar-refractivity contribution in [2.75, 3.05) is 51.3 Å². The monoisotopic (exact) mass is 879 g/mol. The third kappa shape index (κ3) is 12.7. The van der Waals surface area contributed by atoms with Crippen LogP contribution in [0.1, 0.15) is 75.6 Å². The van der Waals surface area contributed by atoms with Crippen molar-refractivity contribution in [2.24, 2.45) is 5.41 Å². The second-order valence-electron chi connectivity index (χ2n) is 14.5. The number of ketones is 1. The van der Waals surface area contributed by atoms with Gasteiger partial charge in [0.05, 0.1) is 33.2 Å². The second-order valence-corrected chi connectivity index (χ2v) is 18.5. The smallest absolute Gasteiger partial charge is 0.345 e. The molecule has 1 aliphatic carbocycles. The molecule has 328 valence electrons. The molecule has 4 rings (SSSR count). The van der Waals surface area contributed by atoms with Gasteiger partial charge >= 0.3 is 7.60 Å². The fourth-order valence-corrected chi connectivity index (χ4v) is 9.60. The number of ether oxygens (including phenoxy) is 3. The number of hydrogen-bond donors (Lipinski definition) is 2. The standard InChI is InChI=1S/C45H55FN3O10PS/c1-10-14-39(36-27-41(55-8)42(26-35(36)31(6)7)56-24-13-23-49(61(9,53)54)29-60(52,57-11-2)58-12-3)59-40-20-19-34(25-37(40)46)48-44(51)45(21-22-45)43(50)28-38(47)33-17-15-32(16-18-33)30(4)5/h10,14-20,25-27,47H,1,4,6,11-13,21-24,28-29H2,2-3,5,7-9H3,(H,48,51). The third-order valence-electron chi connectivity index (χ3n) is 9.75. The van der Waals surface area contributed by atoms with Gasteiger partial charge in [-0.25, -0.2) is 12.8 Å². The molecule has 3 aromatic carbocycles. The van der Waals surface area contributed by atoms with E-state index in [1.165, 1.54) is 31.4 Å². The molecule has 1 aliphatic rings. The van der Waals surface area contributed by atoms with E-state index in [-0.39, 0.29) is 73.6 Å². The second kappa shape index (κ2) is 21.1. The predicted octanol–water partition coefficient (Wildman–Crippen LogP) is 9.51. The van der Waals surface area contributed by atoms with Gasteiger partial charge in [-0.05, 0) is 94.0 Å². The maximum absolute atomic E-state index is 15.7. The average Bonchev–Trinajstić information content (AvgIpc) is 4.02. The summed E-state index contributed by atoms with van der Waals surface area (Å²) < 4.78 is 83.3. The number of carbonyl (C=O) groups excluding carboxylic acids is 2. The summed E-state index contributed by atoms with van der Waals surface area (Å²) in [6, 6.07) is 14.4. The molecule has 0 atom stereocenters. The molecule has 0 radical (unpaired) electrons. The number of halogens is 1. The molecule has 16 heteroatoms. The molecule has 0 heterocycles. The Balaban J connectivity index is 1.46. The molecular weight excluding hydrogens is 825 g/mol. The van der Waals surface area contributed by atoms with E-state index >= 15 is 4.39 Å². The maximum Gasteiger partial charge on any atom is 0.345 e. The van der Waals surface area contributed by atoms with Crippen LogP contribution in [-0.2, 0) is 33.2 Å². The zero-order chi connectivity index (χ0) is 45.1. The summed E-state index contributed by atoms with van der Waals surface area (Å²) in [5.74, 6) is -1.12. The quantitative estimate of drug-likeness (QED) is 0.0209. The van der Waals surface area contributed by atoms with E-state index in [4.69, 9.17) is 28.7 Å². The van der Waals surface area contributed by atoms with Crippen molar-refractivity contribution in [1.29, 1.82) is 5.41 Å². The van der Waals surface area contributed by atoms with Crippen LogP contribution in [0.15, 0.2) is 86.5 Å². The van der Waals surface area contributed by atoms with E-state index in [0.29, 0.717) is 40.9 Å². The summed E-state index contributed by atoms with van der Waals surface area (Å²) in [4.78, 5) is 26.7. The van der Waals surface area contributed by atoms with Gasteiger partial charge in [-0.3, -0.25) is 14.2 Å². The van der Waals surface area contributed by atoms with E-state index in [2.05, 4.69) is 25.1 Å². The Bertz CT molecular complexity index is 2350. The lowest BCUT2D eigenvalue weighted by atomic mass is 9.92. The summed E-state index contributed by atoms with van der Waals surface area (Å²) in [6.45, 7) is 18.9. The van der Waals surface area contributed by atoms with E-state index in [1.807, 2.05) is 19.1 Å². The molecule has 13 nitrogen and oxygen atoms in total. The average molecular weight is 880 g/mol. The zero-order valence-corrected chi connectivity index (χ0v) is 37.3. The van der Waals surface area contributed by atoms with Gasteiger partial charge in [0.2, 0.25) is 15.9 Å². The zero-order valence-electron chi connectivity index (χ0n) is 35.6.